The Morgan fingerprint density at radius 3 is 2.53 bits per heavy atom. The highest BCUT2D eigenvalue weighted by Crippen LogP contribution is 2.24. The molecule has 0 radical (unpaired) electrons. The number of nitrogens with zero attached hydrogens (tertiary/aromatic N) is 5. The van der Waals surface area contributed by atoms with Gasteiger partial charge in [-0.3, -0.25) is 4.90 Å². The molecule has 0 amide bonds. The van der Waals surface area contributed by atoms with Crippen molar-refractivity contribution in [1.82, 2.24) is 19.8 Å². The van der Waals surface area contributed by atoms with Crippen LogP contribution in [0.4, 0.5) is 5.82 Å². The Morgan fingerprint density at radius 2 is 1.89 bits per heavy atom. The summed E-state index contributed by atoms with van der Waals surface area (Å²) >= 11 is 11.9. The molecule has 1 aromatic heterocycles. The van der Waals surface area contributed by atoms with E-state index in [2.05, 4.69) is 38.8 Å². The summed E-state index contributed by atoms with van der Waals surface area (Å²) in [6.45, 7) is 6.05. The predicted octanol–water partition coefficient (Wildman–Crippen LogP) is 1.47. The van der Waals surface area contributed by atoms with Crippen molar-refractivity contribution in [3.8, 4) is 0 Å². The minimum Gasteiger partial charge on any atom is -0.353 e. The van der Waals surface area contributed by atoms with Crippen molar-refractivity contribution in [2.24, 2.45) is 0 Å². The molecule has 0 bridgehead atoms. The zero-order chi connectivity index (χ0) is 13.8. The molecule has 19 heavy (non-hydrogen) atoms. The van der Waals surface area contributed by atoms with E-state index in [4.69, 9.17) is 23.2 Å². The number of piperazine rings is 1. The first-order valence-electron chi connectivity index (χ1n) is 6.36. The third-order valence-electron chi connectivity index (χ3n) is 3.23. The van der Waals surface area contributed by atoms with Gasteiger partial charge < -0.3 is 9.80 Å². The highest BCUT2D eigenvalue weighted by atomic mass is 35.5. The summed E-state index contributed by atoms with van der Waals surface area (Å²) in [4.78, 5) is 14.9. The molecule has 1 aromatic rings. The molecular weight excluding hydrogens is 285 g/mol. The predicted molar refractivity (Wildman–Crippen MR) is 79.3 cm³/mol. The highest BCUT2D eigenvalue weighted by molar-refractivity contribution is 6.33. The lowest BCUT2D eigenvalue weighted by Crippen LogP contribution is -2.48. The summed E-state index contributed by atoms with van der Waals surface area (Å²) in [5, 5.41) is 0.806. The SMILES string of the molecule is CN(C)CCN1CCN(c2nc(Cl)ncc2Cl)CC1. The molecule has 0 aliphatic carbocycles. The van der Waals surface area contributed by atoms with Gasteiger partial charge >= 0.3 is 0 Å². The third kappa shape index (κ3) is 4.18. The second-order valence-corrected chi connectivity index (χ2v) is 5.69. The standard InChI is InChI=1S/C12H19Cl2N5/c1-17(2)3-4-18-5-7-19(8-6-18)11-10(13)9-15-12(14)16-11/h9H,3-8H2,1-2H3. The van der Waals surface area contributed by atoms with E-state index in [0.717, 1.165) is 45.1 Å². The monoisotopic (exact) mass is 303 g/mol. The van der Waals surface area contributed by atoms with Crippen LogP contribution >= 0.6 is 23.2 Å². The van der Waals surface area contributed by atoms with Crippen LogP contribution < -0.4 is 4.90 Å². The molecule has 0 spiro atoms. The average Bonchev–Trinajstić information content (AvgIpc) is 2.40. The molecule has 1 saturated heterocycles. The van der Waals surface area contributed by atoms with Gasteiger partial charge in [0.15, 0.2) is 5.82 Å². The number of hydrogen-bond donors (Lipinski definition) is 0. The normalized spacial score (nSPS) is 17.2. The Hall–Kier alpha value is -0.620. The van der Waals surface area contributed by atoms with E-state index in [1.165, 1.54) is 0 Å². The van der Waals surface area contributed by atoms with Crippen molar-refractivity contribution in [2.75, 3.05) is 58.3 Å². The van der Waals surface area contributed by atoms with Gasteiger partial charge in [-0.15, -0.1) is 0 Å². The van der Waals surface area contributed by atoms with Crippen LogP contribution in [0.25, 0.3) is 0 Å². The molecule has 0 aromatic carbocycles. The first-order chi connectivity index (χ1) is 9.06. The van der Waals surface area contributed by atoms with Crippen LogP contribution in [-0.4, -0.2) is 73.1 Å². The molecule has 2 rings (SSSR count). The average molecular weight is 304 g/mol. The Kier molecular flexibility index (Phi) is 5.21. The van der Waals surface area contributed by atoms with Gasteiger partial charge in [-0.25, -0.2) is 4.98 Å². The van der Waals surface area contributed by atoms with Crippen molar-refractivity contribution >= 4 is 29.0 Å². The Morgan fingerprint density at radius 1 is 1.21 bits per heavy atom. The largest absolute Gasteiger partial charge is 0.353 e. The van der Waals surface area contributed by atoms with Crippen molar-refractivity contribution in [3.63, 3.8) is 0 Å². The summed E-state index contributed by atoms with van der Waals surface area (Å²) in [7, 11) is 4.19. The lowest BCUT2D eigenvalue weighted by molar-refractivity contribution is 0.229. The fourth-order valence-electron chi connectivity index (χ4n) is 2.08. The van der Waals surface area contributed by atoms with Crippen molar-refractivity contribution in [3.05, 3.63) is 16.5 Å². The molecule has 5 nitrogen and oxygen atoms in total. The van der Waals surface area contributed by atoms with E-state index in [-0.39, 0.29) is 5.28 Å². The van der Waals surface area contributed by atoms with Gasteiger partial charge in [0, 0.05) is 39.3 Å². The van der Waals surface area contributed by atoms with Gasteiger partial charge in [0.2, 0.25) is 5.28 Å². The van der Waals surface area contributed by atoms with Crippen LogP contribution in [0.15, 0.2) is 6.20 Å². The zero-order valence-corrected chi connectivity index (χ0v) is 12.8. The van der Waals surface area contributed by atoms with Crippen LogP contribution in [0.2, 0.25) is 10.3 Å². The van der Waals surface area contributed by atoms with E-state index in [0.29, 0.717) is 5.02 Å². The number of hydrogen-bond acceptors (Lipinski definition) is 5. The topological polar surface area (TPSA) is 35.5 Å². The molecule has 106 valence electrons. The van der Waals surface area contributed by atoms with E-state index < -0.39 is 0 Å². The van der Waals surface area contributed by atoms with E-state index in [1.807, 2.05) is 0 Å². The number of rotatable bonds is 4. The lowest BCUT2D eigenvalue weighted by atomic mass is 10.3. The van der Waals surface area contributed by atoms with E-state index in [1.54, 1.807) is 6.20 Å². The fraction of sp³-hybridized carbons (Fsp3) is 0.667. The molecule has 0 saturated carbocycles. The smallest absolute Gasteiger partial charge is 0.224 e. The zero-order valence-electron chi connectivity index (χ0n) is 11.3. The van der Waals surface area contributed by atoms with Gasteiger partial charge in [-0.05, 0) is 25.7 Å². The molecule has 1 aliphatic rings. The number of anilines is 1. The maximum atomic E-state index is 6.12. The molecule has 7 heteroatoms. The summed E-state index contributed by atoms with van der Waals surface area (Å²) < 4.78 is 0. The lowest BCUT2D eigenvalue weighted by Gasteiger charge is -2.36. The van der Waals surface area contributed by atoms with Crippen LogP contribution in [-0.2, 0) is 0 Å². The Labute approximate surface area is 124 Å². The number of halogens is 2. The molecule has 0 unspecified atom stereocenters. The summed E-state index contributed by atoms with van der Waals surface area (Å²) in [5.41, 5.74) is 0. The van der Waals surface area contributed by atoms with Gasteiger partial charge in [0.25, 0.3) is 0 Å². The van der Waals surface area contributed by atoms with Crippen LogP contribution in [0.3, 0.4) is 0 Å². The first kappa shape index (κ1) is 14.8. The quantitative estimate of drug-likeness (QED) is 0.787. The number of aromatic nitrogens is 2. The third-order valence-corrected chi connectivity index (χ3v) is 3.68. The van der Waals surface area contributed by atoms with Gasteiger partial charge in [-0.1, -0.05) is 11.6 Å². The molecule has 2 heterocycles. The van der Waals surface area contributed by atoms with Crippen molar-refractivity contribution in [1.29, 1.82) is 0 Å². The summed E-state index contributed by atoms with van der Waals surface area (Å²) in [5.74, 6) is 0.744. The van der Waals surface area contributed by atoms with E-state index >= 15 is 0 Å². The molecular formula is C12H19Cl2N5. The first-order valence-corrected chi connectivity index (χ1v) is 7.12. The minimum atomic E-state index is 0.245. The molecule has 0 N–H and O–H groups in total. The molecule has 1 aliphatic heterocycles. The second kappa shape index (κ2) is 6.70. The van der Waals surface area contributed by atoms with Crippen molar-refractivity contribution < 1.29 is 0 Å². The Balaban J connectivity index is 1.90. The summed E-state index contributed by atoms with van der Waals surface area (Å²) in [6.07, 6.45) is 1.56. The van der Waals surface area contributed by atoms with Crippen LogP contribution in [0.1, 0.15) is 0 Å². The van der Waals surface area contributed by atoms with Gasteiger partial charge in [-0.2, -0.15) is 4.98 Å². The summed E-state index contributed by atoms with van der Waals surface area (Å²) in [6, 6.07) is 0. The minimum absolute atomic E-state index is 0.245. The second-order valence-electron chi connectivity index (χ2n) is 4.94. The van der Waals surface area contributed by atoms with Gasteiger partial charge in [0.1, 0.15) is 5.02 Å². The van der Waals surface area contributed by atoms with Crippen LogP contribution in [0.5, 0.6) is 0 Å². The van der Waals surface area contributed by atoms with Crippen LogP contribution in [0, 0.1) is 0 Å². The van der Waals surface area contributed by atoms with Gasteiger partial charge in [0.05, 0.1) is 6.20 Å². The fourth-order valence-corrected chi connectivity index (χ4v) is 2.42. The Bertz CT molecular complexity index is 419. The maximum absolute atomic E-state index is 6.12. The molecule has 1 fully saturated rings. The van der Waals surface area contributed by atoms with Crippen molar-refractivity contribution in [2.45, 2.75) is 0 Å². The maximum Gasteiger partial charge on any atom is 0.224 e. The highest BCUT2D eigenvalue weighted by Gasteiger charge is 2.20. The van der Waals surface area contributed by atoms with E-state index in [9.17, 15) is 0 Å². The number of likely N-dealkylation sites (N-methyl/N-ethyl adjacent to an activating group) is 1. The molecule has 0 atom stereocenters.